The zero-order chi connectivity index (χ0) is 38.2. The maximum Gasteiger partial charge on any atom is 0.308 e. The Bertz CT molecular complexity index is 697. The van der Waals surface area contributed by atoms with Gasteiger partial charge in [0.15, 0.2) is 0 Å². The van der Waals surface area contributed by atoms with E-state index in [4.69, 9.17) is 15.2 Å². The summed E-state index contributed by atoms with van der Waals surface area (Å²) < 4.78 is 11.6. The molecule has 0 saturated carbocycles. The van der Waals surface area contributed by atoms with Crippen LogP contribution in [-0.2, 0) is 19.1 Å². The molecule has 2 unspecified atom stereocenters. The van der Waals surface area contributed by atoms with Gasteiger partial charge in [-0.15, -0.1) is 12.4 Å². The van der Waals surface area contributed by atoms with Gasteiger partial charge in [-0.2, -0.15) is 0 Å². The summed E-state index contributed by atoms with van der Waals surface area (Å²) in [6, 6.07) is 0. The first-order valence-electron chi connectivity index (χ1n) is 23.3. The molecule has 0 amide bonds. The van der Waals surface area contributed by atoms with Crippen molar-refractivity contribution in [3.8, 4) is 0 Å². The zero-order valence-electron chi connectivity index (χ0n) is 36.1. The van der Waals surface area contributed by atoms with Crippen LogP contribution < -0.4 is 5.73 Å². The summed E-state index contributed by atoms with van der Waals surface area (Å²) in [7, 11) is 0. The van der Waals surface area contributed by atoms with Crippen LogP contribution in [0.5, 0.6) is 0 Å². The van der Waals surface area contributed by atoms with Crippen LogP contribution in [0.2, 0.25) is 0 Å². The Labute approximate surface area is 337 Å². The van der Waals surface area contributed by atoms with Crippen molar-refractivity contribution in [2.24, 2.45) is 17.6 Å². The number of rotatable bonds is 42. The predicted octanol–water partition coefficient (Wildman–Crippen LogP) is 13.6. The predicted molar refractivity (Wildman–Crippen MR) is 232 cm³/mol. The van der Waals surface area contributed by atoms with Crippen LogP contribution >= 0.6 is 12.4 Å². The van der Waals surface area contributed by atoms with Crippen molar-refractivity contribution < 1.29 is 19.1 Å². The first kappa shape index (κ1) is 54.3. The quantitative estimate of drug-likeness (QED) is 0.0491. The second-order valence-corrected chi connectivity index (χ2v) is 16.0. The maximum absolute atomic E-state index is 12.9. The number of nitrogens with zero attached hydrogens (tertiary/aromatic N) is 1. The fourth-order valence-electron chi connectivity index (χ4n) is 7.42. The fraction of sp³-hybridized carbons (Fsp3) is 0.957. The molecule has 0 bridgehead atoms. The molecule has 7 heteroatoms. The molecule has 0 rings (SSSR count). The van der Waals surface area contributed by atoms with Crippen LogP contribution in [-0.4, -0.2) is 56.2 Å². The topological polar surface area (TPSA) is 81.9 Å². The SMILES string of the molecule is CCCCCCCCC(CCCCCC)C(=O)OCCCCCCN(CCN)CCCCCCOC(=O)C(CCCCCC)CCCCCCCC.Cl. The van der Waals surface area contributed by atoms with Crippen molar-refractivity contribution in [3.63, 3.8) is 0 Å². The van der Waals surface area contributed by atoms with E-state index in [2.05, 4.69) is 32.6 Å². The van der Waals surface area contributed by atoms with E-state index in [1.165, 1.54) is 128 Å². The number of carbonyl (C=O) groups is 2. The van der Waals surface area contributed by atoms with Crippen molar-refractivity contribution in [2.45, 2.75) is 233 Å². The van der Waals surface area contributed by atoms with Crippen LogP contribution in [0, 0.1) is 11.8 Å². The number of carbonyl (C=O) groups excluding carboxylic acids is 2. The number of hydrogen-bond donors (Lipinski definition) is 1. The number of unbranched alkanes of at least 4 members (excludes halogenated alkanes) is 22. The van der Waals surface area contributed by atoms with Crippen LogP contribution in [0.15, 0.2) is 0 Å². The highest BCUT2D eigenvalue weighted by atomic mass is 35.5. The standard InChI is InChI=1S/C46H92N2O4.ClH/c1-5-9-13-17-19-27-35-43(33-25-15-11-7-3)45(49)51-41-31-23-21-29-38-48(40-37-47)39-30-22-24-32-42-52-46(50)44(34-26-16-12-8-4)36-28-20-18-14-10-6-2;/h43-44H,5-42,47H2,1-4H3;1H. The Kier molecular flexibility index (Phi) is 44.9. The second kappa shape index (κ2) is 43.9. The molecule has 53 heavy (non-hydrogen) atoms. The van der Waals surface area contributed by atoms with Gasteiger partial charge in [-0.1, -0.05) is 182 Å². The van der Waals surface area contributed by atoms with Gasteiger partial charge in [-0.05, 0) is 64.5 Å². The molecule has 0 aromatic carbocycles. The third-order valence-electron chi connectivity index (χ3n) is 11.0. The molecule has 0 heterocycles. The highest BCUT2D eigenvalue weighted by molar-refractivity contribution is 5.85. The molecule has 2 N–H and O–H groups in total. The van der Waals surface area contributed by atoms with Gasteiger partial charge in [0, 0.05) is 13.1 Å². The van der Waals surface area contributed by atoms with Gasteiger partial charge in [-0.25, -0.2) is 0 Å². The summed E-state index contributed by atoms with van der Waals surface area (Å²) in [5, 5.41) is 0. The Hall–Kier alpha value is -0.850. The Morgan fingerprint density at radius 2 is 0.698 bits per heavy atom. The van der Waals surface area contributed by atoms with Crippen LogP contribution in [0.1, 0.15) is 233 Å². The van der Waals surface area contributed by atoms with Gasteiger partial charge < -0.3 is 20.1 Å². The number of nitrogens with two attached hydrogens (primary N) is 1. The fourth-order valence-corrected chi connectivity index (χ4v) is 7.42. The normalized spacial score (nSPS) is 12.5. The monoisotopic (exact) mass is 773 g/mol. The van der Waals surface area contributed by atoms with Gasteiger partial charge >= 0.3 is 11.9 Å². The molecule has 0 aliphatic rings. The number of halogens is 1. The molecule has 0 aromatic heterocycles. The first-order chi connectivity index (χ1) is 25.5. The molecule has 0 radical (unpaired) electrons. The summed E-state index contributed by atoms with van der Waals surface area (Å²) in [6.07, 6.45) is 37.8. The minimum atomic E-state index is 0. The number of ether oxygens (including phenoxy) is 2. The second-order valence-electron chi connectivity index (χ2n) is 16.0. The zero-order valence-corrected chi connectivity index (χ0v) is 36.9. The summed E-state index contributed by atoms with van der Waals surface area (Å²) >= 11 is 0. The smallest absolute Gasteiger partial charge is 0.308 e. The molecule has 0 fully saturated rings. The lowest BCUT2D eigenvalue weighted by Gasteiger charge is -2.21. The molecule has 2 atom stereocenters. The molecule has 0 spiro atoms. The molecular formula is C46H93ClN2O4. The first-order valence-corrected chi connectivity index (χ1v) is 23.3. The average molecular weight is 774 g/mol. The minimum Gasteiger partial charge on any atom is -0.465 e. The van der Waals surface area contributed by atoms with Crippen molar-refractivity contribution >= 4 is 24.3 Å². The van der Waals surface area contributed by atoms with E-state index in [1.807, 2.05) is 0 Å². The summed E-state index contributed by atoms with van der Waals surface area (Å²) in [6.45, 7) is 14.0. The molecule has 0 saturated heterocycles. The minimum absolute atomic E-state index is 0. The van der Waals surface area contributed by atoms with Gasteiger partial charge in [-0.3, -0.25) is 9.59 Å². The summed E-state index contributed by atoms with van der Waals surface area (Å²) in [5.41, 5.74) is 5.94. The Balaban J connectivity index is 0. The van der Waals surface area contributed by atoms with Crippen molar-refractivity contribution in [1.82, 2.24) is 4.90 Å². The van der Waals surface area contributed by atoms with Gasteiger partial charge in [0.05, 0.1) is 25.0 Å². The lowest BCUT2D eigenvalue weighted by Crippen LogP contribution is -2.31. The van der Waals surface area contributed by atoms with E-state index in [0.29, 0.717) is 19.8 Å². The van der Waals surface area contributed by atoms with E-state index in [1.54, 1.807) is 0 Å². The summed E-state index contributed by atoms with van der Waals surface area (Å²) in [4.78, 5) is 28.4. The van der Waals surface area contributed by atoms with Crippen molar-refractivity contribution in [1.29, 1.82) is 0 Å². The van der Waals surface area contributed by atoms with Crippen molar-refractivity contribution in [2.75, 3.05) is 39.4 Å². The number of hydrogen-bond acceptors (Lipinski definition) is 6. The third-order valence-corrected chi connectivity index (χ3v) is 11.0. The Morgan fingerprint density at radius 3 is 1.04 bits per heavy atom. The van der Waals surface area contributed by atoms with Crippen LogP contribution in [0.3, 0.4) is 0 Å². The molecule has 0 aliphatic heterocycles. The largest absolute Gasteiger partial charge is 0.465 e. The van der Waals surface area contributed by atoms with Crippen molar-refractivity contribution in [3.05, 3.63) is 0 Å². The van der Waals surface area contributed by atoms with Gasteiger partial charge in [0.25, 0.3) is 0 Å². The highest BCUT2D eigenvalue weighted by Crippen LogP contribution is 2.22. The molecule has 0 aromatic rings. The highest BCUT2D eigenvalue weighted by Gasteiger charge is 2.20. The van der Waals surface area contributed by atoms with Gasteiger partial charge in [0.1, 0.15) is 0 Å². The maximum atomic E-state index is 12.9. The third kappa shape index (κ3) is 36.5. The van der Waals surface area contributed by atoms with Gasteiger partial charge in [0.2, 0.25) is 0 Å². The van der Waals surface area contributed by atoms with Crippen LogP contribution in [0.4, 0.5) is 0 Å². The lowest BCUT2D eigenvalue weighted by molar-refractivity contribution is -0.150. The van der Waals surface area contributed by atoms with E-state index in [0.717, 1.165) is 96.7 Å². The van der Waals surface area contributed by atoms with Crippen LogP contribution in [0.25, 0.3) is 0 Å². The van der Waals surface area contributed by atoms with E-state index < -0.39 is 0 Å². The lowest BCUT2D eigenvalue weighted by atomic mass is 9.94. The van der Waals surface area contributed by atoms with E-state index in [9.17, 15) is 9.59 Å². The average Bonchev–Trinajstić information content (AvgIpc) is 3.14. The number of esters is 2. The molecule has 6 nitrogen and oxygen atoms in total. The molecule has 318 valence electrons. The molecule has 0 aliphatic carbocycles. The molecular weight excluding hydrogens is 680 g/mol. The van der Waals surface area contributed by atoms with E-state index in [-0.39, 0.29) is 36.2 Å². The summed E-state index contributed by atoms with van der Waals surface area (Å²) in [5.74, 6) is 0.311. The van der Waals surface area contributed by atoms with E-state index >= 15 is 0 Å². The Morgan fingerprint density at radius 1 is 0.415 bits per heavy atom.